The fourth-order valence-corrected chi connectivity index (χ4v) is 6.52. The summed E-state index contributed by atoms with van der Waals surface area (Å²) in [4.78, 5) is 41.3. The minimum absolute atomic E-state index is 0.0549. The van der Waals surface area contributed by atoms with Gasteiger partial charge >= 0.3 is 6.09 Å². The molecule has 1 aliphatic heterocycles. The molecule has 0 aliphatic carbocycles. The van der Waals surface area contributed by atoms with Crippen LogP contribution in [0.4, 0.5) is 15.0 Å². The SMILES string of the molecule is CC(C)(C)OC(=O)N1CC(CCC(Nc2cccc(SNC(=O)c3ccc(C(C)(C)C)nc3F)n2)c2cc(C(C)(C)C)ccn2)CC1(C)C. The Hall–Kier alpha value is -3.73. The molecule has 3 aromatic heterocycles. The van der Waals surface area contributed by atoms with Crippen molar-refractivity contribution in [2.45, 2.75) is 128 Å². The van der Waals surface area contributed by atoms with Crippen LogP contribution in [0.15, 0.2) is 53.7 Å². The van der Waals surface area contributed by atoms with E-state index in [0.717, 1.165) is 36.9 Å². The van der Waals surface area contributed by atoms with Crippen molar-refractivity contribution in [2.75, 3.05) is 11.9 Å². The van der Waals surface area contributed by atoms with E-state index in [4.69, 9.17) is 14.7 Å². The van der Waals surface area contributed by atoms with Gasteiger partial charge in [-0.15, -0.1) is 0 Å². The van der Waals surface area contributed by atoms with Crippen molar-refractivity contribution >= 4 is 29.8 Å². The molecular weight excluding hydrogens is 640 g/mol. The average molecular weight is 693 g/mol. The number of amides is 2. The lowest BCUT2D eigenvalue weighted by Crippen LogP contribution is -2.45. The zero-order valence-corrected chi connectivity index (χ0v) is 31.7. The third-order valence-electron chi connectivity index (χ3n) is 8.60. The molecule has 11 heteroatoms. The molecule has 266 valence electrons. The fourth-order valence-electron chi connectivity index (χ4n) is 5.93. The molecule has 1 aliphatic rings. The van der Waals surface area contributed by atoms with Crippen molar-refractivity contribution in [3.05, 3.63) is 77.1 Å². The zero-order chi connectivity index (χ0) is 36.4. The van der Waals surface area contributed by atoms with Gasteiger partial charge < -0.3 is 15.0 Å². The maximum absolute atomic E-state index is 14.7. The summed E-state index contributed by atoms with van der Waals surface area (Å²) in [5, 5.41) is 4.14. The summed E-state index contributed by atoms with van der Waals surface area (Å²) >= 11 is 1.01. The summed E-state index contributed by atoms with van der Waals surface area (Å²) in [6.07, 6.45) is 4.06. The summed E-state index contributed by atoms with van der Waals surface area (Å²) in [5.41, 5.74) is 1.27. The third-order valence-corrected chi connectivity index (χ3v) is 9.32. The van der Waals surface area contributed by atoms with E-state index in [1.165, 1.54) is 11.6 Å². The van der Waals surface area contributed by atoms with Gasteiger partial charge in [-0.25, -0.2) is 14.8 Å². The van der Waals surface area contributed by atoms with E-state index in [2.05, 4.69) is 55.7 Å². The number of nitrogens with one attached hydrogen (secondary N) is 2. The van der Waals surface area contributed by atoms with Gasteiger partial charge in [0.15, 0.2) is 0 Å². The lowest BCUT2D eigenvalue weighted by atomic mass is 9.86. The number of nitrogens with zero attached hydrogens (tertiary/aromatic N) is 4. The maximum atomic E-state index is 14.7. The van der Waals surface area contributed by atoms with Crippen LogP contribution in [0.1, 0.15) is 129 Å². The van der Waals surface area contributed by atoms with Gasteiger partial charge in [0.2, 0.25) is 5.95 Å². The number of halogens is 1. The Labute approximate surface area is 295 Å². The molecule has 1 saturated heterocycles. The quantitative estimate of drug-likeness (QED) is 0.169. The highest BCUT2D eigenvalue weighted by Gasteiger charge is 2.43. The van der Waals surface area contributed by atoms with Gasteiger partial charge in [0.05, 0.1) is 17.3 Å². The molecular formula is C38H53FN6O3S. The second kappa shape index (κ2) is 14.6. The van der Waals surface area contributed by atoms with E-state index in [0.29, 0.717) is 23.1 Å². The molecule has 0 saturated carbocycles. The molecule has 3 aromatic rings. The lowest BCUT2D eigenvalue weighted by Gasteiger charge is -2.33. The molecule has 0 aromatic carbocycles. The van der Waals surface area contributed by atoms with Crippen LogP contribution in [0.5, 0.6) is 0 Å². The molecule has 2 N–H and O–H groups in total. The summed E-state index contributed by atoms with van der Waals surface area (Å²) in [5.74, 6) is -0.482. The Morgan fingerprint density at radius 3 is 2.37 bits per heavy atom. The van der Waals surface area contributed by atoms with Gasteiger partial charge in [-0.3, -0.25) is 14.5 Å². The molecule has 2 atom stereocenters. The minimum Gasteiger partial charge on any atom is -0.444 e. The molecule has 2 amide bonds. The number of aromatic nitrogens is 3. The first kappa shape index (κ1) is 38.1. The number of pyridine rings is 3. The molecule has 4 heterocycles. The largest absolute Gasteiger partial charge is 0.444 e. The first-order valence-electron chi connectivity index (χ1n) is 17.0. The predicted molar refractivity (Wildman–Crippen MR) is 194 cm³/mol. The summed E-state index contributed by atoms with van der Waals surface area (Å²) in [7, 11) is 0. The van der Waals surface area contributed by atoms with Gasteiger partial charge in [-0.05, 0) is 107 Å². The Morgan fingerprint density at radius 2 is 1.73 bits per heavy atom. The molecule has 2 unspecified atom stereocenters. The molecule has 0 bridgehead atoms. The second-order valence-corrected chi connectivity index (χ2v) is 17.5. The number of likely N-dealkylation sites (tertiary alicyclic amines) is 1. The van der Waals surface area contributed by atoms with Gasteiger partial charge in [0.1, 0.15) is 16.4 Å². The number of carbonyl (C=O) groups is 2. The minimum atomic E-state index is -0.804. The number of ether oxygens (including phenoxy) is 1. The Balaban J connectivity index is 1.49. The highest BCUT2D eigenvalue weighted by Crippen LogP contribution is 2.38. The first-order chi connectivity index (χ1) is 22.6. The lowest BCUT2D eigenvalue weighted by molar-refractivity contribution is 0.0130. The van der Waals surface area contributed by atoms with Gasteiger partial charge in [-0.2, -0.15) is 4.39 Å². The first-order valence-corrected chi connectivity index (χ1v) is 17.8. The Bertz CT molecular complexity index is 1640. The van der Waals surface area contributed by atoms with E-state index >= 15 is 0 Å². The summed E-state index contributed by atoms with van der Waals surface area (Å²) in [6, 6.07) is 12.7. The standard InChI is InChI=1S/C38H53FN6O3S/c1-35(2,3)25-19-20-40-28(21-25)27(17-15-24-22-38(10,11)45(23-24)34(47)48-37(7,8)9)41-30-13-12-14-31(43-30)49-44-33(46)26-16-18-29(36(4,5)6)42-32(26)39/h12-14,16,18-21,24,27H,15,17,22-23H2,1-11H3,(H,41,43)(H,44,46). The van der Waals surface area contributed by atoms with E-state index in [1.807, 2.05) is 70.8 Å². The van der Waals surface area contributed by atoms with Crippen molar-refractivity contribution in [1.29, 1.82) is 0 Å². The van der Waals surface area contributed by atoms with Crippen LogP contribution in [0.25, 0.3) is 0 Å². The monoisotopic (exact) mass is 692 g/mol. The summed E-state index contributed by atoms with van der Waals surface area (Å²) < 4.78 is 23.2. The topological polar surface area (TPSA) is 109 Å². The number of anilines is 1. The Kier molecular flexibility index (Phi) is 11.4. The fraction of sp³-hybridized carbons (Fsp3) is 0.553. The third kappa shape index (κ3) is 10.4. The zero-order valence-electron chi connectivity index (χ0n) is 30.9. The van der Waals surface area contributed by atoms with Crippen molar-refractivity contribution in [3.63, 3.8) is 0 Å². The van der Waals surface area contributed by atoms with Crippen LogP contribution >= 0.6 is 11.9 Å². The van der Waals surface area contributed by atoms with Crippen molar-refractivity contribution < 1.29 is 18.7 Å². The molecule has 0 spiro atoms. The van der Waals surface area contributed by atoms with Crippen LogP contribution in [0.2, 0.25) is 0 Å². The molecule has 0 radical (unpaired) electrons. The smallest absolute Gasteiger partial charge is 0.410 e. The molecule has 1 fully saturated rings. The van der Waals surface area contributed by atoms with Crippen molar-refractivity contribution in [1.82, 2.24) is 24.6 Å². The number of hydrogen-bond donors (Lipinski definition) is 2. The van der Waals surface area contributed by atoms with Gasteiger partial charge in [-0.1, -0.05) is 47.6 Å². The summed E-state index contributed by atoms with van der Waals surface area (Å²) in [6.45, 7) is 22.8. The van der Waals surface area contributed by atoms with E-state index < -0.39 is 17.5 Å². The van der Waals surface area contributed by atoms with Crippen LogP contribution in [-0.4, -0.2) is 49.5 Å². The highest BCUT2D eigenvalue weighted by molar-refractivity contribution is 7.97. The van der Waals surface area contributed by atoms with Crippen molar-refractivity contribution in [3.8, 4) is 0 Å². The van der Waals surface area contributed by atoms with E-state index in [-0.39, 0.29) is 40.0 Å². The van der Waals surface area contributed by atoms with Crippen LogP contribution in [0, 0.1) is 11.9 Å². The van der Waals surface area contributed by atoms with Gasteiger partial charge in [0.25, 0.3) is 5.91 Å². The number of hydrogen-bond acceptors (Lipinski definition) is 8. The van der Waals surface area contributed by atoms with E-state index in [1.54, 1.807) is 12.1 Å². The number of rotatable bonds is 9. The number of carbonyl (C=O) groups excluding carboxylic acids is 2. The molecule has 49 heavy (non-hydrogen) atoms. The maximum Gasteiger partial charge on any atom is 0.410 e. The predicted octanol–water partition coefficient (Wildman–Crippen LogP) is 9.01. The van der Waals surface area contributed by atoms with Crippen LogP contribution in [-0.2, 0) is 15.6 Å². The molecule has 9 nitrogen and oxygen atoms in total. The van der Waals surface area contributed by atoms with Crippen LogP contribution in [0.3, 0.4) is 0 Å². The van der Waals surface area contributed by atoms with E-state index in [9.17, 15) is 14.0 Å². The highest BCUT2D eigenvalue weighted by atomic mass is 32.2. The van der Waals surface area contributed by atoms with Gasteiger partial charge in [0, 0.05) is 41.3 Å². The molecule has 4 rings (SSSR count). The van der Waals surface area contributed by atoms with Crippen LogP contribution < -0.4 is 10.0 Å². The van der Waals surface area contributed by atoms with Crippen molar-refractivity contribution in [2.24, 2.45) is 5.92 Å². The average Bonchev–Trinajstić information content (AvgIpc) is 3.30. The Morgan fingerprint density at radius 1 is 1.02 bits per heavy atom. The normalized spacial score (nSPS) is 17.1. The second-order valence-electron chi connectivity index (χ2n) is 16.6.